The van der Waals surface area contributed by atoms with E-state index >= 15 is 0 Å². The van der Waals surface area contributed by atoms with E-state index in [1.807, 2.05) is 78.9 Å². The highest BCUT2D eigenvalue weighted by atomic mass is 16.3. The Bertz CT molecular complexity index is 1780. The Kier molecular flexibility index (Phi) is 4.70. The largest absolute Gasteiger partial charge is 0.456 e. The van der Waals surface area contributed by atoms with Gasteiger partial charge in [0.25, 0.3) is 0 Å². The number of hydrogen-bond donors (Lipinski definition) is 0. The van der Waals surface area contributed by atoms with Crippen LogP contribution in [-0.2, 0) is 0 Å². The fraction of sp³-hybridized carbons (Fsp3) is 0. The number of benzene rings is 4. The quantitative estimate of drug-likeness (QED) is 0.299. The fourth-order valence-corrected chi connectivity index (χ4v) is 4.22. The maximum absolute atomic E-state index is 13.0. The molecule has 0 aliphatic rings. The van der Waals surface area contributed by atoms with Crippen LogP contribution in [0.2, 0.25) is 0 Å². The minimum absolute atomic E-state index is 0.116. The Morgan fingerprint density at radius 1 is 0.471 bits per heavy atom. The third-order valence-electron chi connectivity index (χ3n) is 5.91. The van der Waals surface area contributed by atoms with Gasteiger partial charge in [0.2, 0.25) is 0 Å². The molecule has 0 unspecified atom stereocenters. The number of para-hydroxylation sites is 1. The van der Waals surface area contributed by atoms with Gasteiger partial charge in [0.15, 0.2) is 10.9 Å². The van der Waals surface area contributed by atoms with Gasteiger partial charge in [-0.15, -0.1) is 0 Å². The summed E-state index contributed by atoms with van der Waals surface area (Å²) in [6, 6.07) is 33.0. The van der Waals surface area contributed by atoms with Crippen LogP contribution < -0.4 is 10.9 Å². The van der Waals surface area contributed by atoms with E-state index in [4.69, 9.17) is 8.83 Å². The number of hydrogen-bond acceptors (Lipinski definition) is 4. The molecule has 0 aliphatic carbocycles. The molecule has 162 valence electrons. The van der Waals surface area contributed by atoms with Gasteiger partial charge in [-0.1, -0.05) is 78.9 Å². The van der Waals surface area contributed by atoms with Crippen molar-refractivity contribution >= 4 is 21.9 Å². The fourth-order valence-electron chi connectivity index (χ4n) is 4.22. The van der Waals surface area contributed by atoms with Crippen molar-refractivity contribution in [2.75, 3.05) is 0 Å². The van der Waals surface area contributed by atoms with Gasteiger partial charge in [-0.3, -0.25) is 9.59 Å². The first-order valence-electron chi connectivity index (χ1n) is 10.9. The van der Waals surface area contributed by atoms with Crippen molar-refractivity contribution in [2.45, 2.75) is 0 Å². The van der Waals surface area contributed by atoms with Crippen molar-refractivity contribution in [3.63, 3.8) is 0 Å². The second kappa shape index (κ2) is 8.01. The molecule has 0 amide bonds. The molecule has 4 aromatic carbocycles. The van der Waals surface area contributed by atoms with Gasteiger partial charge in [-0.2, -0.15) is 0 Å². The summed E-state index contributed by atoms with van der Waals surface area (Å²) >= 11 is 0. The number of fused-ring (bicyclic) bond motifs is 2. The normalized spacial score (nSPS) is 11.2. The molecule has 0 radical (unpaired) electrons. The molecule has 0 spiro atoms. The van der Waals surface area contributed by atoms with Gasteiger partial charge in [0.1, 0.15) is 22.7 Å². The van der Waals surface area contributed by atoms with E-state index in [2.05, 4.69) is 0 Å². The highest BCUT2D eigenvalue weighted by molar-refractivity contribution is 5.95. The second-order valence-electron chi connectivity index (χ2n) is 8.08. The van der Waals surface area contributed by atoms with Crippen molar-refractivity contribution in [1.82, 2.24) is 0 Å². The van der Waals surface area contributed by atoms with Gasteiger partial charge in [-0.05, 0) is 23.8 Å². The zero-order chi connectivity index (χ0) is 23.1. The standard InChI is InChI=1S/C30H18O4/c31-25-17-29(20-10-5-2-6-11-20)34-30-22(12-7-13-23(25)30)21-14-15-27-24(16-21)26(32)18-28(33-27)19-8-3-1-4-9-19/h1-18H. The summed E-state index contributed by atoms with van der Waals surface area (Å²) in [5.41, 5.74) is 3.91. The molecule has 0 fully saturated rings. The lowest BCUT2D eigenvalue weighted by Crippen LogP contribution is -2.02. The minimum Gasteiger partial charge on any atom is -0.456 e. The zero-order valence-electron chi connectivity index (χ0n) is 18.0. The maximum Gasteiger partial charge on any atom is 0.193 e. The molecule has 4 nitrogen and oxygen atoms in total. The van der Waals surface area contributed by atoms with Crippen molar-refractivity contribution < 1.29 is 8.83 Å². The Morgan fingerprint density at radius 3 is 1.76 bits per heavy atom. The molecule has 2 heterocycles. The van der Waals surface area contributed by atoms with Crippen LogP contribution in [0.1, 0.15) is 0 Å². The Balaban J connectivity index is 1.54. The van der Waals surface area contributed by atoms with E-state index in [0.717, 1.165) is 22.3 Å². The lowest BCUT2D eigenvalue weighted by atomic mass is 10.0. The van der Waals surface area contributed by atoms with Gasteiger partial charge in [-0.25, -0.2) is 0 Å². The molecule has 0 atom stereocenters. The first-order valence-corrected chi connectivity index (χ1v) is 10.9. The van der Waals surface area contributed by atoms with Crippen LogP contribution in [-0.4, -0.2) is 0 Å². The van der Waals surface area contributed by atoms with E-state index in [1.165, 1.54) is 12.1 Å². The van der Waals surface area contributed by atoms with Gasteiger partial charge >= 0.3 is 0 Å². The summed E-state index contributed by atoms with van der Waals surface area (Å²) in [4.78, 5) is 25.8. The van der Waals surface area contributed by atoms with E-state index in [-0.39, 0.29) is 10.9 Å². The van der Waals surface area contributed by atoms with Crippen LogP contribution in [0, 0.1) is 0 Å². The molecule has 4 heteroatoms. The van der Waals surface area contributed by atoms with Crippen LogP contribution in [0.4, 0.5) is 0 Å². The molecular weight excluding hydrogens is 424 g/mol. The summed E-state index contributed by atoms with van der Waals surface area (Å²) in [6.45, 7) is 0. The molecule has 6 aromatic rings. The smallest absolute Gasteiger partial charge is 0.193 e. The topological polar surface area (TPSA) is 60.4 Å². The maximum atomic E-state index is 13.0. The molecule has 0 bridgehead atoms. The third-order valence-corrected chi connectivity index (χ3v) is 5.91. The van der Waals surface area contributed by atoms with Crippen molar-refractivity contribution in [1.29, 1.82) is 0 Å². The summed E-state index contributed by atoms with van der Waals surface area (Å²) in [6.07, 6.45) is 0. The zero-order valence-corrected chi connectivity index (χ0v) is 18.0. The van der Waals surface area contributed by atoms with Crippen LogP contribution in [0.3, 0.4) is 0 Å². The molecule has 0 saturated heterocycles. The van der Waals surface area contributed by atoms with Crippen molar-refractivity contribution in [3.8, 4) is 33.8 Å². The molecule has 34 heavy (non-hydrogen) atoms. The van der Waals surface area contributed by atoms with Crippen LogP contribution in [0.25, 0.3) is 55.7 Å². The second-order valence-corrected chi connectivity index (χ2v) is 8.08. The Morgan fingerprint density at radius 2 is 1.09 bits per heavy atom. The van der Waals surface area contributed by atoms with E-state index < -0.39 is 0 Å². The summed E-state index contributed by atoms with van der Waals surface area (Å²) < 4.78 is 12.3. The lowest BCUT2D eigenvalue weighted by molar-refractivity contribution is 0.618. The molecule has 0 N–H and O–H groups in total. The van der Waals surface area contributed by atoms with Crippen molar-refractivity contribution in [3.05, 3.63) is 130 Å². The highest BCUT2D eigenvalue weighted by Gasteiger charge is 2.14. The monoisotopic (exact) mass is 442 g/mol. The molecule has 0 aliphatic heterocycles. The summed E-state index contributed by atoms with van der Waals surface area (Å²) in [5.74, 6) is 1.02. The summed E-state index contributed by atoms with van der Waals surface area (Å²) in [5, 5.41) is 0.958. The SMILES string of the molecule is O=c1cc(-c2ccccc2)oc2ccc(-c3cccc4c(=O)cc(-c5ccccc5)oc34)cc12. The molecular formula is C30H18O4. The number of rotatable bonds is 3. The lowest BCUT2D eigenvalue weighted by Gasteiger charge is -2.09. The van der Waals surface area contributed by atoms with Crippen LogP contribution in [0.15, 0.2) is 128 Å². The Labute approximate surface area is 194 Å². The average molecular weight is 442 g/mol. The first-order chi connectivity index (χ1) is 16.7. The average Bonchev–Trinajstić information content (AvgIpc) is 2.89. The van der Waals surface area contributed by atoms with Gasteiger partial charge in [0.05, 0.1) is 10.8 Å². The predicted octanol–water partition coefficient (Wildman–Crippen LogP) is 6.90. The van der Waals surface area contributed by atoms with Gasteiger partial charge < -0.3 is 8.83 Å². The first kappa shape index (κ1) is 19.9. The molecule has 6 rings (SSSR count). The predicted molar refractivity (Wildman–Crippen MR) is 135 cm³/mol. The summed E-state index contributed by atoms with van der Waals surface area (Å²) in [7, 11) is 0. The van der Waals surface area contributed by atoms with Crippen LogP contribution in [0.5, 0.6) is 0 Å². The third kappa shape index (κ3) is 3.42. The molecule has 2 aromatic heterocycles. The van der Waals surface area contributed by atoms with Gasteiger partial charge in [0, 0.05) is 28.8 Å². The van der Waals surface area contributed by atoms with Crippen LogP contribution >= 0.6 is 0 Å². The van der Waals surface area contributed by atoms with E-state index in [0.29, 0.717) is 33.5 Å². The van der Waals surface area contributed by atoms with E-state index in [9.17, 15) is 9.59 Å². The highest BCUT2D eigenvalue weighted by Crippen LogP contribution is 2.32. The minimum atomic E-state index is -0.131. The van der Waals surface area contributed by atoms with Crippen molar-refractivity contribution in [2.24, 2.45) is 0 Å². The Hall–Kier alpha value is -4.70. The molecule has 0 saturated carbocycles. The van der Waals surface area contributed by atoms with E-state index in [1.54, 1.807) is 18.2 Å².